The molecule has 1 atom stereocenters. The number of piperazine rings is 1. The van der Waals surface area contributed by atoms with Crippen LogP contribution in [0.15, 0.2) is 54.6 Å². The average molecular weight is 380 g/mol. The fraction of sp³-hybridized carbons (Fsp3) is 0.435. The minimum atomic E-state index is 0.126. The maximum Gasteiger partial charge on any atom is 0.253 e. The number of piperidine rings is 1. The van der Waals surface area contributed by atoms with Crippen LogP contribution in [0.3, 0.4) is 0 Å². The Labute approximate surface area is 167 Å². The molecular weight excluding hydrogens is 350 g/mol. The van der Waals surface area contributed by atoms with Gasteiger partial charge in [0.25, 0.3) is 5.91 Å². The Balaban J connectivity index is 1.27. The third kappa shape index (κ3) is 4.65. The first-order chi connectivity index (χ1) is 13.8. The monoisotopic (exact) mass is 379 g/mol. The van der Waals surface area contributed by atoms with Gasteiger partial charge in [0.2, 0.25) is 0 Å². The van der Waals surface area contributed by atoms with E-state index in [4.69, 9.17) is 4.74 Å². The topological polar surface area (TPSA) is 44.8 Å². The van der Waals surface area contributed by atoms with Crippen molar-refractivity contribution < 1.29 is 9.53 Å². The smallest absolute Gasteiger partial charge is 0.253 e. The number of ether oxygens (including phenoxy) is 1. The van der Waals surface area contributed by atoms with Crippen LogP contribution in [0.4, 0.5) is 5.69 Å². The summed E-state index contributed by atoms with van der Waals surface area (Å²) in [7, 11) is 0. The van der Waals surface area contributed by atoms with Crippen LogP contribution in [-0.2, 0) is 0 Å². The van der Waals surface area contributed by atoms with Crippen LogP contribution in [0, 0.1) is 5.92 Å². The zero-order chi connectivity index (χ0) is 19.2. The predicted molar refractivity (Wildman–Crippen MR) is 112 cm³/mol. The van der Waals surface area contributed by atoms with Gasteiger partial charge in [-0.1, -0.05) is 18.2 Å². The lowest BCUT2D eigenvalue weighted by Gasteiger charge is -2.36. The minimum Gasteiger partial charge on any atom is -0.493 e. The summed E-state index contributed by atoms with van der Waals surface area (Å²) in [5.74, 6) is 1.68. The van der Waals surface area contributed by atoms with E-state index < -0.39 is 0 Å². The molecule has 0 spiro atoms. The maximum atomic E-state index is 12.6. The van der Waals surface area contributed by atoms with E-state index in [0.717, 1.165) is 57.2 Å². The lowest BCUT2D eigenvalue weighted by molar-refractivity contribution is 0.0747. The number of hydrogen-bond acceptors (Lipinski definition) is 4. The van der Waals surface area contributed by atoms with Gasteiger partial charge in [-0.3, -0.25) is 4.79 Å². The molecule has 1 amide bonds. The molecule has 0 aliphatic carbocycles. The van der Waals surface area contributed by atoms with Gasteiger partial charge >= 0.3 is 0 Å². The molecule has 2 aromatic carbocycles. The third-order valence-electron chi connectivity index (χ3n) is 5.67. The average Bonchev–Trinajstić information content (AvgIpc) is 2.79. The summed E-state index contributed by atoms with van der Waals surface area (Å²) >= 11 is 0. The first-order valence-electron chi connectivity index (χ1n) is 10.3. The second-order valence-electron chi connectivity index (χ2n) is 7.66. The van der Waals surface area contributed by atoms with Crippen LogP contribution in [0.1, 0.15) is 23.2 Å². The molecule has 2 aliphatic rings. The molecule has 5 nitrogen and oxygen atoms in total. The number of amides is 1. The van der Waals surface area contributed by atoms with E-state index in [-0.39, 0.29) is 5.91 Å². The van der Waals surface area contributed by atoms with Crippen LogP contribution in [0.25, 0.3) is 0 Å². The number of anilines is 1. The number of carbonyl (C=O) groups is 1. The number of benzene rings is 2. The maximum absolute atomic E-state index is 12.6. The molecule has 0 unspecified atom stereocenters. The predicted octanol–water partition coefficient (Wildman–Crippen LogP) is 3.03. The molecule has 2 saturated heterocycles. The summed E-state index contributed by atoms with van der Waals surface area (Å²) in [6.45, 7) is 6.19. The van der Waals surface area contributed by atoms with Crippen molar-refractivity contribution in [2.45, 2.75) is 12.8 Å². The van der Waals surface area contributed by atoms with Crippen molar-refractivity contribution in [3.63, 3.8) is 0 Å². The molecule has 2 aliphatic heterocycles. The summed E-state index contributed by atoms with van der Waals surface area (Å²) in [6.07, 6.45) is 2.49. The largest absolute Gasteiger partial charge is 0.493 e. The summed E-state index contributed by atoms with van der Waals surface area (Å²) in [4.78, 5) is 16.9. The fourth-order valence-electron chi connectivity index (χ4n) is 3.96. The molecular formula is C23H29N3O2. The highest BCUT2D eigenvalue weighted by Crippen LogP contribution is 2.22. The summed E-state index contributed by atoms with van der Waals surface area (Å²) in [6, 6.07) is 17.9. The van der Waals surface area contributed by atoms with Gasteiger partial charge < -0.3 is 19.9 Å². The van der Waals surface area contributed by atoms with Crippen molar-refractivity contribution in [1.82, 2.24) is 10.2 Å². The molecule has 2 heterocycles. The van der Waals surface area contributed by atoms with E-state index in [2.05, 4.69) is 34.5 Å². The Morgan fingerprint density at radius 3 is 2.43 bits per heavy atom. The van der Waals surface area contributed by atoms with Gasteiger partial charge in [-0.2, -0.15) is 0 Å². The number of nitrogens with one attached hydrogen (secondary N) is 1. The Morgan fingerprint density at radius 2 is 1.75 bits per heavy atom. The molecule has 0 aromatic heterocycles. The SMILES string of the molecule is O=C(c1ccccc1)N1CCN(c2ccc(OC[C@H]3CCCNC3)cc2)CC1. The molecule has 4 rings (SSSR count). The van der Waals surface area contributed by atoms with Crippen molar-refractivity contribution in [2.24, 2.45) is 5.92 Å². The summed E-state index contributed by atoms with van der Waals surface area (Å²) in [5, 5.41) is 3.43. The van der Waals surface area contributed by atoms with Gasteiger partial charge in [-0.25, -0.2) is 0 Å². The van der Waals surface area contributed by atoms with E-state index in [1.165, 1.54) is 18.5 Å². The molecule has 148 valence electrons. The van der Waals surface area contributed by atoms with Gasteiger partial charge in [-0.05, 0) is 55.8 Å². The van der Waals surface area contributed by atoms with Crippen LogP contribution >= 0.6 is 0 Å². The standard InChI is InChI=1S/C23H29N3O2/c27-23(20-6-2-1-3-7-20)26-15-13-25(14-16-26)21-8-10-22(11-9-21)28-18-19-5-4-12-24-17-19/h1-3,6-11,19,24H,4-5,12-18H2/t19-/m0/s1. The normalized spacial score (nSPS) is 20.1. The van der Waals surface area contributed by atoms with Crippen LogP contribution in [-0.4, -0.2) is 56.7 Å². The second-order valence-corrected chi connectivity index (χ2v) is 7.66. The van der Waals surface area contributed by atoms with E-state index in [1.807, 2.05) is 35.2 Å². The zero-order valence-electron chi connectivity index (χ0n) is 16.3. The van der Waals surface area contributed by atoms with Crippen LogP contribution in [0.2, 0.25) is 0 Å². The van der Waals surface area contributed by atoms with Crippen molar-refractivity contribution in [3.8, 4) is 5.75 Å². The molecule has 28 heavy (non-hydrogen) atoms. The molecule has 5 heteroatoms. The van der Waals surface area contributed by atoms with E-state index in [9.17, 15) is 4.79 Å². The Hall–Kier alpha value is -2.53. The zero-order valence-corrected chi connectivity index (χ0v) is 16.3. The van der Waals surface area contributed by atoms with Crippen LogP contribution in [0.5, 0.6) is 5.75 Å². The molecule has 0 saturated carbocycles. The molecule has 1 N–H and O–H groups in total. The van der Waals surface area contributed by atoms with Gasteiger partial charge in [0, 0.05) is 49.9 Å². The fourth-order valence-corrected chi connectivity index (χ4v) is 3.96. The summed E-state index contributed by atoms with van der Waals surface area (Å²) < 4.78 is 5.97. The van der Waals surface area contributed by atoms with E-state index >= 15 is 0 Å². The van der Waals surface area contributed by atoms with Crippen molar-refractivity contribution >= 4 is 11.6 Å². The highest BCUT2D eigenvalue weighted by Gasteiger charge is 2.22. The molecule has 0 bridgehead atoms. The second kappa shape index (κ2) is 9.11. The first-order valence-corrected chi connectivity index (χ1v) is 10.3. The summed E-state index contributed by atoms with van der Waals surface area (Å²) in [5.41, 5.74) is 1.96. The van der Waals surface area contributed by atoms with Gasteiger partial charge in [0.05, 0.1) is 6.61 Å². The van der Waals surface area contributed by atoms with E-state index in [1.54, 1.807) is 0 Å². The molecule has 0 radical (unpaired) electrons. The number of hydrogen-bond donors (Lipinski definition) is 1. The Bertz CT molecular complexity index is 749. The van der Waals surface area contributed by atoms with E-state index in [0.29, 0.717) is 5.92 Å². The van der Waals surface area contributed by atoms with Crippen molar-refractivity contribution in [3.05, 3.63) is 60.2 Å². The first kappa shape index (κ1) is 18.8. The minimum absolute atomic E-state index is 0.126. The lowest BCUT2D eigenvalue weighted by Crippen LogP contribution is -2.48. The number of rotatable bonds is 5. The van der Waals surface area contributed by atoms with Gasteiger partial charge in [0.1, 0.15) is 5.75 Å². The Morgan fingerprint density at radius 1 is 1.00 bits per heavy atom. The molecule has 2 fully saturated rings. The quantitative estimate of drug-likeness (QED) is 0.867. The highest BCUT2D eigenvalue weighted by molar-refractivity contribution is 5.94. The number of carbonyl (C=O) groups excluding carboxylic acids is 1. The van der Waals surface area contributed by atoms with Gasteiger partial charge in [-0.15, -0.1) is 0 Å². The van der Waals surface area contributed by atoms with Crippen molar-refractivity contribution in [1.29, 1.82) is 0 Å². The molecule has 2 aromatic rings. The lowest BCUT2D eigenvalue weighted by atomic mass is 10.0. The Kier molecular flexibility index (Phi) is 6.12. The van der Waals surface area contributed by atoms with Crippen LogP contribution < -0.4 is 15.0 Å². The number of nitrogens with zero attached hydrogens (tertiary/aromatic N) is 2. The highest BCUT2D eigenvalue weighted by atomic mass is 16.5. The van der Waals surface area contributed by atoms with Crippen molar-refractivity contribution in [2.75, 3.05) is 50.8 Å². The van der Waals surface area contributed by atoms with Gasteiger partial charge in [0.15, 0.2) is 0 Å². The third-order valence-corrected chi connectivity index (χ3v) is 5.67.